The van der Waals surface area contributed by atoms with Gasteiger partial charge in [0.05, 0.1) is 11.9 Å². The van der Waals surface area contributed by atoms with Crippen LogP contribution in [0.4, 0.5) is 20.3 Å². The van der Waals surface area contributed by atoms with E-state index >= 15 is 0 Å². The van der Waals surface area contributed by atoms with Crippen molar-refractivity contribution in [3.63, 3.8) is 0 Å². The Morgan fingerprint density at radius 3 is 2.62 bits per heavy atom. The number of aromatic nitrogens is 1. The highest BCUT2D eigenvalue weighted by atomic mass is 19.2. The highest BCUT2D eigenvalue weighted by molar-refractivity contribution is 6.03. The average Bonchev–Trinajstić information content (AvgIpc) is 2.49. The van der Waals surface area contributed by atoms with Gasteiger partial charge in [-0.3, -0.25) is 4.79 Å². The summed E-state index contributed by atoms with van der Waals surface area (Å²) in [5.41, 5.74) is 0.881. The van der Waals surface area contributed by atoms with Gasteiger partial charge in [-0.05, 0) is 36.8 Å². The largest absolute Gasteiger partial charge is 0.384 e. The molecule has 1 aromatic heterocycles. The van der Waals surface area contributed by atoms with E-state index in [9.17, 15) is 13.6 Å². The quantitative estimate of drug-likeness (QED) is 0.887. The Kier molecular flexibility index (Phi) is 4.81. The van der Waals surface area contributed by atoms with E-state index < -0.39 is 17.5 Å². The zero-order valence-electron chi connectivity index (χ0n) is 11.5. The number of carbonyl (C=O) groups is 1. The third kappa shape index (κ3) is 3.98. The number of pyridine rings is 1. The Hall–Kier alpha value is -2.50. The minimum Gasteiger partial charge on any atom is -0.384 e. The number of carbonyl (C=O) groups excluding carboxylic acids is 1. The van der Waals surface area contributed by atoms with Crippen LogP contribution in [0, 0.1) is 11.6 Å². The molecule has 6 heteroatoms. The first kappa shape index (κ1) is 14.9. The summed E-state index contributed by atoms with van der Waals surface area (Å²) in [6.45, 7) is 2.89. The van der Waals surface area contributed by atoms with Gasteiger partial charge in [0.15, 0.2) is 11.6 Å². The van der Waals surface area contributed by atoms with Crippen LogP contribution < -0.4 is 10.6 Å². The van der Waals surface area contributed by atoms with Crippen molar-refractivity contribution < 1.29 is 13.6 Å². The lowest BCUT2D eigenvalue weighted by atomic mass is 10.2. The maximum atomic E-state index is 13.1. The molecule has 0 unspecified atom stereocenters. The number of nitrogens with zero attached hydrogens (tertiary/aromatic N) is 1. The predicted octanol–water partition coefficient (Wildman–Crippen LogP) is 3.43. The van der Waals surface area contributed by atoms with Crippen LogP contribution in [-0.4, -0.2) is 17.4 Å². The molecule has 1 amide bonds. The van der Waals surface area contributed by atoms with Crippen molar-refractivity contribution in [2.45, 2.75) is 13.3 Å². The highest BCUT2D eigenvalue weighted by Crippen LogP contribution is 2.13. The van der Waals surface area contributed by atoms with Crippen molar-refractivity contribution in [3.05, 3.63) is 53.7 Å². The van der Waals surface area contributed by atoms with Gasteiger partial charge < -0.3 is 10.6 Å². The molecular formula is C15H15F2N3O. The number of anilines is 2. The monoisotopic (exact) mass is 291 g/mol. The third-order valence-electron chi connectivity index (χ3n) is 2.77. The van der Waals surface area contributed by atoms with Crippen LogP contribution in [0.1, 0.15) is 23.7 Å². The number of hydrogen-bond donors (Lipinski definition) is 2. The van der Waals surface area contributed by atoms with Gasteiger partial charge in [-0.1, -0.05) is 6.92 Å². The molecule has 0 radical (unpaired) electrons. The summed E-state index contributed by atoms with van der Waals surface area (Å²) in [4.78, 5) is 16.0. The molecule has 110 valence electrons. The summed E-state index contributed by atoms with van der Waals surface area (Å²) in [7, 11) is 0. The van der Waals surface area contributed by atoms with Crippen LogP contribution in [0.3, 0.4) is 0 Å². The van der Waals surface area contributed by atoms with Crippen LogP contribution in [0.15, 0.2) is 36.5 Å². The Bertz CT molecular complexity index is 629. The second-order valence-electron chi connectivity index (χ2n) is 4.44. The summed E-state index contributed by atoms with van der Waals surface area (Å²) in [6, 6.07) is 6.39. The Balaban J connectivity index is 2.03. The molecular weight excluding hydrogens is 276 g/mol. The molecule has 0 fully saturated rings. The zero-order valence-corrected chi connectivity index (χ0v) is 11.5. The van der Waals surface area contributed by atoms with Crippen LogP contribution in [0.25, 0.3) is 0 Å². The average molecular weight is 291 g/mol. The smallest absolute Gasteiger partial charge is 0.256 e. The lowest BCUT2D eigenvalue weighted by Crippen LogP contribution is -2.13. The molecule has 0 saturated heterocycles. The summed E-state index contributed by atoms with van der Waals surface area (Å²) in [5.74, 6) is -2.26. The number of halogens is 2. The van der Waals surface area contributed by atoms with E-state index in [1.807, 2.05) is 0 Å². The van der Waals surface area contributed by atoms with E-state index in [1.165, 1.54) is 6.07 Å². The van der Waals surface area contributed by atoms with Gasteiger partial charge in [0.2, 0.25) is 0 Å². The van der Waals surface area contributed by atoms with Crippen molar-refractivity contribution in [2.24, 2.45) is 0 Å². The minimum atomic E-state index is -1.06. The first-order valence-corrected chi connectivity index (χ1v) is 6.56. The number of benzene rings is 1. The number of nitrogens with one attached hydrogen (secondary N) is 2. The van der Waals surface area contributed by atoms with Gasteiger partial charge in [-0.15, -0.1) is 0 Å². The molecule has 2 aromatic rings. The number of hydrogen-bond acceptors (Lipinski definition) is 3. The number of rotatable bonds is 5. The molecule has 0 aliphatic heterocycles. The molecule has 0 aliphatic carbocycles. The molecule has 0 aliphatic rings. The standard InChI is InChI=1S/C15H15F2N3O/c1-2-7-18-11-4-6-14(19-9-11)20-15(21)10-3-5-12(16)13(17)8-10/h3-6,8-9,18H,2,7H2,1H3,(H,19,20,21). The first-order valence-electron chi connectivity index (χ1n) is 6.56. The van der Waals surface area contributed by atoms with Crippen LogP contribution >= 0.6 is 0 Å². The molecule has 0 saturated carbocycles. The van der Waals surface area contributed by atoms with Gasteiger partial charge in [0, 0.05) is 12.1 Å². The highest BCUT2D eigenvalue weighted by Gasteiger charge is 2.10. The van der Waals surface area contributed by atoms with Crippen molar-refractivity contribution in [3.8, 4) is 0 Å². The molecule has 1 heterocycles. The molecule has 0 bridgehead atoms. The third-order valence-corrected chi connectivity index (χ3v) is 2.77. The van der Waals surface area contributed by atoms with E-state index in [0.717, 1.165) is 30.8 Å². The van der Waals surface area contributed by atoms with Crippen molar-refractivity contribution in [1.29, 1.82) is 0 Å². The maximum absolute atomic E-state index is 13.1. The first-order chi connectivity index (χ1) is 10.1. The summed E-state index contributed by atoms with van der Waals surface area (Å²) >= 11 is 0. The fraction of sp³-hybridized carbons (Fsp3) is 0.200. The second-order valence-corrected chi connectivity index (χ2v) is 4.44. The van der Waals surface area contributed by atoms with Crippen LogP contribution in [-0.2, 0) is 0 Å². The van der Waals surface area contributed by atoms with E-state index in [1.54, 1.807) is 18.3 Å². The summed E-state index contributed by atoms with van der Waals surface area (Å²) in [5, 5.41) is 5.68. The lowest BCUT2D eigenvalue weighted by Gasteiger charge is -2.07. The van der Waals surface area contributed by atoms with Gasteiger partial charge in [0.25, 0.3) is 5.91 Å². The molecule has 2 N–H and O–H groups in total. The van der Waals surface area contributed by atoms with Gasteiger partial charge >= 0.3 is 0 Å². The van der Waals surface area contributed by atoms with E-state index in [2.05, 4.69) is 22.5 Å². The van der Waals surface area contributed by atoms with Crippen molar-refractivity contribution >= 4 is 17.4 Å². The van der Waals surface area contributed by atoms with E-state index in [4.69, 9.17) is 0 Å². The van der Waals surface area contributed by atoms with Crippen molar-refractivity contribution in [1.82, 2.24) is 4.98 Å². The fourth-order valence-electron chi connectivity index (χ4n) is 1.67. The van der Waals surface area contributed by atoms with Crippen molar-refractivity contribution in [2.75, 3.05) is 17.2 Å². The normalized spacial score (nSPS) is 10.2. The Morgan fingerprint density at radius 2 is 2.00 bits per heavy atom. The van der Waals surface area contributed by atoms with E-state index in [0.29, 0.717) is 5.82 Å². The fourth-order valence-corrected chi connectivity index (χ4v) is 1.67. The molecule has 2 rings (SSSR count). The maximum Gasteiger partial charge on any atom is 0.256 e. The van der Waals surface area contributed by atoms with Gasteiger partial charge in [0.1, 0.15) is 5.82 Å². The lowest BCUT2D eigenvalue weighted by molar-refractivity contribution is 0.102. The predicted molar refractivity (Wildman–Crippen MR) is 77.3 cm³/mol. The molecule has 21 heavy (non-hydrogen) atoms. The SMILES string of the molecule is CCCNc1ccc(NC(=O)c2ccc(F)c(F)c2)nc1. The minimum absolute atomic E-state index is 0.0314. The summed E-state index contributed by atoms with van der Waals surface area (Å²) < 4.78 is 25.9. The topological polar surface area (TPSA) is 54.0 Å². The summed E-state index contributed by atoms with van der Waals surface area (Å²) in [6.07, 6.45) is 2.59. The Morgan fingerprint density at radius 1 is 1.19 bits per heavy atom. The number of amides is 1. The Labute approximate surface area is 121 Å². The molecule has 0 atom stereocenters. The second kappa shape index (κ2) is 6.78. The molecule has 0 spiro atoms. The van der Waals surface area contributed by atoms with Crippen LogP contribution in [0.5, 0.6) is 0 Å². The van der Waals surface area contributed by atoms with Gasteiger partial charge in [-0.2, -0.15) is 0 Å². The molecule has 4 nitrogen and oxygen atoms in total. The molecule has 1 aromatic carbocycles. The van der Waals surface area contributed by atoms with Gasteiger partial charge in [-0.25, -0.2) is 13.8 Å². The zero-order chi connectivity index (χ0) is 15.2. The van der Waals surface area contributed by atoms with Crippen LogP contribution in [0.2, 0.25) is 0 Å². The van der Waals surface area contributed by atoms with E-state index in [-0.39, 0.29) is 5.56 Å².